The van der Waals surface area contributed by atoms with E-state index in [1.807, 2.05) is 18.7 Å². The SMILES string of the molecule is Cc1nn(C)c(N2CCCC2C)c1/C=C/C(=O)O. The molecule has 1 unspecified atom stereocenters. The second kappa shape index (κ2) is 4.84. The molecule has 0 aliphatic carbocycles. The van der Waals surface area contributed by atoms with E-state index in [0.29, 0.717) is 6.04 Å². The Hall–Kier alpha value is -1.78. The molecule has 2 heterocycles. The van der Waals surface area contributed by atoms with Gasteiger partial charge in [0.25, 0.3) is 0 Å². The van der Waals surface area contributed by atoms with Crippen LogP contribution in [0.4, 0.5) is 5.82 Å². The number of hydrogen-bond acceptors (Lipinski definition) is 3. The molecule has 1 aliphatic heterocycles. The number of anilines is 1. The molecule has 18 heavy (non-hydrogen) atoms. The molecule has 1 saturated heterocycles. The number of aromatic nitrogens is 2. The van der Waals surface area contributed by atoms with Gasteiger partial charge in [-0.25, -0.2) is 4.79 Å². The van der Waals surface area contributed by atoms with Crippen LogP contribution in [0.3, 0.4) is 0 Å². The van der Waals surface area contributed by atoms with Crippen molar-refractivity contribution >= 4 is 17.9 Å². The van der Waals surface area contributed by atoms with Crippen LogP contribution in [-0.4, -0.2) is 33.4 Å². The van der Waals surface area contributed by atoms with Crippen molar-refractivity contribution in [2.24, 2.45) is 7.05 Å². The van der Waals surface area contributed by atoms with Gasteiger partial charge in [0.2, 0.25) is 0 Å². The van der Waals surface area contributed by atoms with Crippen LogP contribution in [0.5, 0.6) is 0 Å². The fourth-order valence-corrected chi connectivity index (χ4v) is 2.60. The highest BCUT2D eigenvalue weighted by Crippen LogP contribution is 2.30. The molecule has 0 saturated carbocycles. The minimum absolute atomic E-state index is 0.483. The summed E-state index contributed by atoms with van der Waals surface area (Å²) in [6.07, 6.45) is 5.17. The minimum Gasteiger partial charge on any atom is -0.478 e. The largest absolute Gasteiger partial charge is 0.478 e. The first-order valence-corrected chi connectivity index (χ1v) is 6.22. The molecule has 0 spiro atoms. The highest BCUT2D eigenvalue weighted by atomic mass is 16.4. The molecule has 1 aromatic heterocycles. The van der Waals surface area contributed by atoms with Gasteiger partial charge in [-0.2, -0.15) is 5.10 Å². The van der Waals surface area contributed by atoms with E-state index in [4.69, 9.17) is 5.11 Å². The van der Waals surface area contributed by atoms with Gasteiger partial charge in [0.15, 0.2) is 0 Å². The number of aliphatic carboxylic acids is 1. The van der Waals surface area contributed by atoms with E-state index in [1.54, 1.807) is 6.08 Å². The summed E-state index contributed by atoms with van der Waals surface area (Å²) in [5.74, 6) is 0.0914. The Morgan fingerprint density at radius 1 is 1.56 bits per heavy atom. The second-order valence-corrected chi connectivity index (χ2v) is 4.80. The number of carboxylic acid groups (broad SMARTS) is 1. The first-order chi connectivity index (χ1) is 8.50. The van der Waals surface area contributed by atoms with E-state index in [0.717, 1.165) is 23.6 Å². The van der Waals surface area contributed by atoms with Gasteiger partial charge in [0.1, 0.15) is 5.82 Å². The molecule has 0 aromatic carbocycles. The molecule has 2 rings (SSSR count). The van der Waals surface area contributed by atoms with Gasteiger partial charge >= 0.3 is 5.97 Å². The molecular formula is C13H19N3O2. The summed E-state index contributed by atoms with van der Waals surface area (Å²) < 4.78 is 1.85. The van der Waals surface area contributed by atoms with Crippen molar-refractivity contribution in [3.8, 4) is 0 Å². The summed E-state index contributed by atoms with van der Waals surface area (Å²) in [6, 6.07) is 0.483. The fraction of sp³-hybridized carbons (Fsp3) is 0.538. The van der Waals surface area contributed by atoms with Crippen molar-refractivity contribution < 1.29 is 9.90 Å². The van der Waals surface area contributed by atoms with Crippen LogP contribution in [0.15, 0.2) is 6.08 Å². The third-order valence-electron chi connectivity index (χ3n) is 3.45. The molecule has 1 aromatic rings. The highest BCUT2D eigenvalue weighted by Gasteiger charge is 2.26. The van der Waals surface area contributed by atoms with E-state index in [-0.39, 0.29) is 0 Å². The molecule has 1 atom stereocenters. The zero-order valence-electron chi connectivity index (χ0n) is 11.1. The van der Waals surface area contributed by atoms with Crippen molar-refractivity contribution in [3.63, 3.8) is 0 Å². The van der Waals surface area contributed by atoms with Crippen LogP contribution in [-0.2, 0) is 11.8 Å². The fourth-order valence-electron chi connectivity index (χ4n) is 2.60. The van der Waals surface area contributed by atoms with Crippen molar-refractivity contribution in [1.29, 1.82) is 0 Å². The maximum Gasteiger partial charge on any atom is 0.328 e. The molecule has 0 amide bonds. The Morgan fingerprint density at radius 2 is 2.28 bits per heavy atom. The summed E-state index contributed by atoms with van der Waals surface area (Å²) >= 11 is 0. The Labute approximate surface area is 107 Å². The summed E-state index contributed by atoms with van der Waals surface area (Å²) in [4.78, 5) is 13.0. The Balaban J connectivity index is 2.42. The Kier molecular flexibility index (Phi) is 3.41. The predicted molar refractivity (Wildman–Crippen MR) is 70.7 cm³/mol. The van der Waals surface area contributed by atoms with Gasteiger partial charge in [-0.05, 0) is 32.8 Å². The normalized spacial score (nSPS) is 19.9. The van der Waals surface area contributed by atoms with Crippen molar-refractivity contribution in [2.75, 3.05) is 11.4 Å². The van der Waals surface area contributed by atoms with Crippen LogP contribution in [0.1, 0.15) is 31.0 Å². The smallest absolute Gasteiger partial charge is 0.328 e. The van der Waals surface area contributed by atoms with Crippen molar-refractivity contribution in [1.82, 2.24) is 9.78 Å². The van der Waals surface area contributed by atoms with Crippen molar-refractivity contribution in [2.45, 2.75) is 32.7 Å². The molecule has 5 nitrogen and oxygen atoms in total. The zero-order valence-corrected chi connectivity index (χ0v) is 11.1. The topological polar surface area (TPSA) is 58.4 Å². The highest BCUT2D eigenvalue weighted by molar-refractivity contribution is 5.87. The minimum atomic E-state index is -0.932. The van der Waals surface area contributed by atoms with Gasteiger partial charge in [-0.3, -0.25) is 4.68 Å². The molecule has 1 N–H and O–H groups in total. The first-order valence-electron chi connectivity index (χ1n) is 6.22. The number of aryl methyl sites for hydroxylation is 2. The zero-order chi connectivity index (χ0) is 13.3. The van der Waals surface area contributed by atoms with Crippen molar-refractivity contribution in [3.05, 3.63) is 17.3 Å². The van der Waals surface area contributed by atoms with E-state index < -0.39 is 5.97 Å². The standard InChI is InChI=1S/C13H19N3O2/c1-9-5-4-8-16(9)13-11(6-7-12(17)18)10(2)14-15(13)3/h6-7,9H,4-5,8H2,1-3H3,(H,17,18)/b7-6+. The molecule has 0 bridgehead atoms. The maximum atomic E-state index is 10.7. The van der Waals surface area contributed by atoms with Gasteiger partial charge in [0.05, 0.1) is 5.69 Å². The average molecular weight is 249 g/mol. The van der Waals surface area contributed by atoms with Gasteiger partial charge in [-0.1, -0.05) is 0 Å². The maximum absolute atomic E-state index is 10.7. The number of hydrogen-bond donors (Lipinski definition) is 1. The molecule has 98 valence electrons. The van der Waals surface area contributed by atoms with Crippen LogP contribution in [0.25, 0.3) is 6.08 Å². The number of rotatable bonds is 3. The number of nitrogens with zero attached hydrogens (tertiary/aromatic N) is 3. The average Bonchev–Trinajstić information content (AvgIpc) is 2.79. The summed E-state index contributed by atoms with van der Waals surface area (Å²) in [7, 11) is 1.91. The van der Waals surface area contributed by atoms with Crippen LogP contribution in [0.2, 0.25) is 0 Å². The van der Waals surface area contributed by atoms with E-state index in [2.05, 4.69) is 16.9 Å². The number of carbonyl (C=O) groups is 1. The Morgan fingerprint density at radius 3 is 2.83 bits per heavy atom. The molecule has 1 fully saturated rings. The molecular weight excluding hydrogens is 230 g/mol. The summed E-state index contributed by atoms with van der Waals surface area (Å²) in [6.45, 7) is 5.11. The second-order valence-electron chi connectivity index (χ2n) is 4.80. The van der Waals surface area contributed by atoms with E-state index in [9.17, 15) is 4.79 Å². The monoisotopic (exact) mass is 249 g/mol. The number of carboxylic acids is 1. The lowest BCUT2D eigenvalue weighted by Crippen LogP contribution is -2.28. The lowest BCUT2D eigenvalue weighted by molar-refractivity contribution is -0.131. The molecule has 5 heteroatoms. The summed E-state index contributed by atoms with van der Waals surface area (Å²) in [5, 5.41) is 13.2. The van der Waals surface area contributed by atoms with Crippen LogP contribution in [0, 0.1) is 6.92 Å². The lowest BCUT2D eigenvalue weighted by Gasteiger charge is -2.24. The van der Waals surface area contributed by atoms with Gasteiger partial charge in [-0.15, -0.1) is 0 Å². The van der Waals surface area contributed by atoms with Crippen LogP contribution >= 0.6 is 0 Å². The third-order valence-corrected chi connectivity index (χ3v) is 3.45. The Bertz CT molecular complexity index is 491. The molecule has 0 radical (unpaired) electrons. The van der Waals surface area contributed by atoms with Gasteiger partial charge in [0, 0.05) is 31.3 Å². The predicted octanol–water partition coefficient (Wildman–Crippen LogP) is 1.82. The molecule has 1 aliphatic rings. The van der Waals surface area contributed by atoms with Crippen LogP contribution < -0.4 is 4.90 Å². The van der Waals surface area contributed by atoms with E-state index in [1.165, 1.54) is 18.9 Å². The third kappa shape index (κ3) is 2.25. The first kappa shape index (κ1) is 12.7. The van der Waals surface area contributed by atoms with E-state index >= 15 is 0 Å². The quantitative estimate of drug-likeness (QED) is 0.830. The van der Waals surface area contributed by atoms with Gasteiger partial charge < -0.3 is 10.0 Å². The lowest BCUT2D eigenvalue weighted by atomic mass is 10.2. The summed E-state index contributed by atoms with van der Waals surface area (Å²) in [5.41, 5.74) is 1.78.